The maximum Gasteiger partial charge on any atom is 0.220 e. The number of Topliss-reactive ketones (excluding diaryl/α,β-unsaturated/α-hetero) is 1. The Hall–Kier alpha value is -1.95. The van der Waals surface area contributed by atoms with E-state index >= 15 is 0 Å². The first-order valence-electron chi connectivity index (χ1n) is 9.34. The Morgan fingerprint density at radius 1 is 1.32 bits per heavy atom. The van der Waals surface area contributed by atoms with E-state index in [0.29, 0.717) is 13.0 Å². The van der Waals surface area contributed by atoms with Crippen LogP contribution in [0, 0.1) is 0 Å². The number of fused-ring (bicyclic) bond motifs is 1. The second kappa shape index (κ2) is 8.43. The zero-order chi connectivity index (χ0) is 17.6. The summed E-state index contributed by atoms with van der Waals surface area (Å²) in [5.74, 6) is 1.34. The van der Waals surface area contributed by atoms with Crippen LogP contribution in [0.15, 0.2) is 12.1 Å². The van der Waals surface area contributed by atoms with Crippen molar-refractivity contribution in [2.45, 2.75) is 51.5 Å². The molecule has 0 atom stereocenters. The van der Waals surface area contributed by atoms with Crippen molar-refractivity contribution in [3.8, 4) is 0 Å². The van der Waals surface area contributed by atoms with E-state index in [-0.39, 0.29) is 17.7 Å². The van der Waals surface area contributed by atoms with Gasteiger partial charge in [0.1, 0.15) is 11.6 Å². The van der Waals surface area contributed by atoms with Crippen molar-refractivity contribution in [2.24, 2.45) is 0 Å². The van der Waals surface area contributed by atoms with E-state index in [4.69, 9.17) is 0 Å². The fourth-order valence-electron chi connectivity index (χ4n) is 3.50. The van der Waals surface area contributed by atoms with Gasteiger partial charge in [-0.1, -0.05) is 6.07 Å². The van der Waals surface area contributed by atoms with Crippen molar-refractivity contribution in [3.63, 3.8) is 0 Å². The summed E-state index contributed by atoms with van der Waals surface area (Å²) in [6.07, 6.45) is 5.62. The summed E-state index contributed by atoms with van der Waals surface area (Å²) < 4.78 is 0. The molecule has 6 heteroatoms. The third-order valence-corrected chi connectivity index (χ3v) is 4.81. The monoisotopic (exact) mass is 344 g/mol. The summed E-state index contributed by atoms with van der Waals surface area (Å²) in [4.78, 5) is 29.7. The second-order valence-electron chi connectivity index (χ2n) is 7.21. The van der Waals surface area contributed by atoms with E-state index < -0.39 is 0 Å². The number of likely N-dealkylation sites (tertiary alicyclic amines) is 1. The lowest BCUT2D eigenvalue weighted by atomic mass is 10.1. The molecule has 25 heavy (non-hydrogen) atoms. The van der Waals surface area contributed by atoms with Crippen LogP contribution in [0.4, 0.5) is 5.82 Å². The molecule has 0 saturated carbocycles. The maximum atomic E-state index is 12.0. The molecule has 0 spiro atoms. The molecule has 3 heterocycles. The molecule has 1 aromatic rings. The molecule has 2 aliphatic heterocycles. The number of aromatic nitrogens is 1. The zero-order valence-corrected chi connectivity index (χ0v) is 15.0. The van der Waals surface area contributed by atoms with Crippen molar-refractivity contribution >= 4 is 17.5 Å². The Kier molecular flexibility index (Phi) is 6.02. The Balaban J connectivity index is 1.30. The Bertz CT molecular complexity index is 626. The summed E-state index contributed by atoms with van der Waals surface area (Å²) in [6, 6.07) is 4.50. The van der Waals surface area contributed by atoms with Crippen LogP contribution >= 0.6 is 0 Å². The third kappa shape index (κ3) is 5.26. The minimum absolute atomic E-state index is 0.118. The van der Waals surface area contributed by atoms with Crippen LogP contribution in [0.2, 0.25) is 0 Å². The summed E-state index contributed by atoms with van der Waals surface area (Å²) in [6.45, 7) is 4.68. The average molecular weight is 344 g/mol. The minimum atomic E-state index is 0.118. The van der Waals surface area contributed by atoms with E-state index in [1.165, 1.54) is 12.0 Å². The van der Waals surface area contributed by atoms with Crippen molar-refractivity contribution in [1.82, 2.24) is 15.2 Å². The molecular formula is C19H28N4O2. The quantitative estimate of drug-likeness (QED) is 0.700. The first-order chi connectivity index (χ1) is 12.1. The molecule has 0 unspecified atom stereocenters. The predicted molar refractivity (Wildman–Crippen MR) is 97.7 cm³/mol. The lowest BCUT2D eigenvalue weighted by Crippen LogP contribution is -2.60. The lowest BCUT2D eigenvalue weighted by Gasteiger charge is -2.38. The number of rotatable bonds is 8. The van der Waals surface area contributed by atoms with Gasteiger partial charge in [0.15, 0.2) is 0 Å². The molecule has 1 amide bonds. The molecule has 0 bridgehead atoms. The van der Waals surface area contributed by atoms with Crippen LogP contribution < -0.4 is 10.6 Å². The van der Waals surface area contributed by atoms with Gasteiger partial charge in [0.05, 0.1) is 12.6 Å². The number of unbranched alkanes of at least 4 members (excludes halogenated alkanes) is 1. The number of ketones is 1. The van der Waals surface area contributed by atoms with Gasteiger partial charge in [0.2, 0.25) is 5.91 Å². The molecule has 0 aliphatic carbocycles. The van der Waals surface area contributed by atoms with Crippen LogP contribution in [0.5, 0.6) is 0 Å². The molecular weight excluding hydrogens is 316 g/mol. The van der Waals surface area contributed by atoms with Crippen molar-refractivity contribution in [1.29, 1.82) is 0 Å². The van der Waals surface area contributed by atoms with E-state index in [1.54, 1.807) is 6.92 Å². The van der Waals surface area contributed by atoms with Gasteiger partial charge in [-0.15, -0.1) is 0 Å². The fourth-order valence-corrected chi connectivity index (χ4v) is 3.50. The third-order valence-electron chi connectivity index (χ3n) is 4.81. The number of anilines is 1. The molecule has 3 rings (SSSR count). The van der Waals surface area contributed by atoms with Gasteiger partial charge in [0, 0.05) is 31.7 Å². The largest absolute Gasteiger partial charge is 0.370 e. The highest BCUT2D eigenvalue weighted by atomic mass is 16.1. The molecule has 6 nitrogen and oxygen atoms in total. The van der Waals surface area contributed by atoms with Gasteiger partial charge < -0.3 is 10.6 Å². The number of carbonyl (C=O) groups is 2. The SMILES string of the molecule is CC(=O)CN1CC(NC(=O)CCCCc2ccc3c(n2)NCCC3)C1. The summed E-state index contributed by atoms with van der Waals surface area (Å²) >= 11 is 0. The van der Waals surface area contributed by atoms with Crippen LogP contribution in [0.3, 0.4) is 0 Å². The topological polar surface area (TPSA) is 74.3 Å². The number of nitrogens with zero attached hydrogens (tertiary/aromatic N) is 2. The smallest absolute Gasteiger partial charge is 0.220 e. The number of carbonyl (C=O) groups excluding carboxylic acids is 2. The highest BCUT2D eigenvalue weighted by Crippen LogP contribution is 2.20. The fraction of sp³-hybridized carbons (Fsp3) is 0.632. The predicted octanol–water partition coefficient (Wildman–Crippen LogP) is 1.54. The van der Waals surface area contributed by atoms with Gasteiger partial charge in [-0.3, -0.25) is 14.5 Å². The highest BCUT2D eigenvalue weighted by molar-refractivity contribution is 5.78. The first kappa shape index (κ1) is 17.9. The normalized spacial score (nSPS) is 17.3. The molecule has 1 saturated heterocycles. The molecule has 136 valence electrons. The standard InChI is InChI=1S/C19H28N4O2/c1-14(24)11-23-12-17(13-23)21-18(25)7-3-2-6-16-9-8-15-5-4-10-20-19(15)22-16/h8-9,17H,2-7,10-13H2,1H3,(H,20,22)(H,21,25). The van der Waals surface area contributed by atoms with Gasteiger partial charge >= 0.3 is 0 Å². The number of aryl methyl sites for hydroxylation is 2. The van der Waals surface area contributed by atoms with Crippen molar-refractivity contribution in [2.75, 3.05) is 31.5 Å². The average Bonchev–Trinajstić information content (AvgIpc) is 2.56. The number of nitrogens with one attached hydrogen (secondary N) is 2. The van der Waals surface area contributed by atoms with Gasteiger partial charge in [0.25, 0.3) is 0 Å². The first-order valence-corrected chi connectivity index (χ1v) is 9.34. The lowest BCUT2D eigenvalue weighted by molar-refractivity contribution is -0.123. The van der Waals surface area contributed by atoms with Crippen molar-refractivity contribution in [3.05, 3.63) is 23.4 Å². The van der Waals surface area contributed by atoms with E-state index in [1.807, 2.05) is 0 Å². The minimum Gasteiger partial charge on any atom is -0.370 e. The number of amides is 1. The van der Waals surface area contributed by atoms with Crippen LogP contribution in [-0.4, -0.2) is 53.8 Å². The van der Waals surface area contributed by atoms with Crippen LogP contribution in [0.1, 0.15) is 43.9 Å². The van der Waals surface area contributed by atoms with Crippen LogP contribution in [-0.2, 0) is 22.4 Å². The molecule has 2 aliphatic rings. The Morgan fingerprint density at radius 3 is 2.96 bits per heavy atom. The highest BCUT2D eigenvalue weighted by Gasteiger charge is 2.28. The molecule has 2 N–H and O–H groups in total. The molecule has 0 radical (unpaired) electrons. The molecule has 0 aromatic carbocycles. The second-order valence-corrected chi connectivity index (χ2v) is 7.21. The van der Waals surface area contributed by atoms with Gasteiger partial charge in [-0.2, -0.15) is 0 Å². The molecule has 1 fully saturated rings. The van der Waals surface area contributed by atoms with Gasteiger partial charge in [-0.25, -0.2) is 4.98 Å². The number of hydrogen-bond acceptors (Lipinski definition) is 5. The van der Waals surface area contributed by atoms with E-state index in [2.05, 4.69) is 32.7 Å². The van der Waals surface area contributed by atoms with Crippen LogP contribution in [0.25, 0.3) is 0 Å². The van der Waals surface area contributed by atoms with E-state index in [9.17, 15) is 9.59 Å². The summed E-state index contributed by atoms with van der Waals surface area (Å²) in [7, 11) is 0. The Labute approximate surface area is 149 Å². The molecule has 1 aromatic heterocycles. The van der Waals surface area contributed by atoms with E-state index in [0.717, 1.165) is 56.8 Å². The summed E-state index contributed by atoms with van der Waals surface area (Å²) in [5.41, 5.74) is 2.42. The van der Waals surface area contributed by atoms with Gasteiger partial charge in [-0.05, 0) is 50.7 Å². The number of hydrogen-bond donors (Lipinski definition) is 2. The maximum absolute atomic E-state index is 12.0. The number of pyridine rings is 1. The summed E-state index contributed by atoms with van der Waals surface area (Å²) in [5, 5.41) is 6.40. The van der Waals surface area contributed by atoms with Crippen molar-refractivity contribution < 1.29 is 9.59 Å². The Morgan fingerprint density at radius 2 is 2.16 bits per heavy atom. The zero-order valence-electron chi connectivity index (χ0n) is 15.0.